The molecule has 7 nitrogen and oxygen atoms in total. The highest BCUT2D eigenvalue weighted by atomic mass is 127. The smallest absolute Gasteiger partial charge is 0.337 e. The maximum Gasteiger partial charge on any atom is 0.337 e. The lowest BCUT2D eigenvalue weighted by Crippen LogP contribution is -2.29. The van der Waals surface area contributed by atoms with Crippen LogP contribution >= 0.6 is 67.8 Å². The van der Waals surface area contributed by atoms with Gasteiger partial charge in [-0.25, -0.2) is 4.79 Å². The molecule has 0 spiro atoms. The van der Waals surface area contributed by atoms with Gasteiger partial charge in [0, 0.05) is 17.0 Å². The molecule has 1 aromatic rings. The Morgan fingerprint density at radius 3 is 2.05 bits per heavy atom. The molecule has 2 amide bonds. The largest absolute Gasteiger partial charge is 0.478 e. The molecule has 0 radical (unpaired) electrons. The third kappa shape index (κ3) is 4.41. The third-order valence-corrected chi connectivity index (χ3v) is 5.69. The zero-order valence-corrected chi connectivity index (χ0v) is 17.6. The fourth-order valence-electron chi connectivity index (χ4n) is 1.59. The minimum absolute atomic E-state index is 0.0421. The molecular weight excluding hydrogens is 633 g/mol. The molecule has 0 unspecified atom stereocenters. The fourth-order valence-corrected chi connectivity index (χ4v) is 5.98. The molecule has 4 N–H and O–H groups in total. The summed E-state index contributed by atoms with van der Waals surface area (Å²) in [7, 11) is 0. The van der Waals surface area contributed by atoms with E-state index in [2.05, 4.69) is 10.6 Å². The maximum atomic E-state index is 12.2. The van der Waals surface area contributed by atoms with E-state index in [1.54, 1.807) is 22.6 Å². The quantitative estimate of drug-likeness (QED) is 0.366. The number of aliphatic hydroxyl groups excluding tert-OH is 1. The van der Waals surface area contributed by atoms with Gasteiger partial charge < -0.3 is 20.8 Å². The van der Waals surface area contributed by atoms with Crippen LogP contribution in [0.25, 0.3) is 0 Å². The summed E-state index contributed by atoms with van der Waals surface area (Å²) in [5.74, 6) is -2.06. The second kappa shape index (κ2) is 8.58. The van der Waals surface area contributed by atoms with Gasteiger partial charge in [0.2, 0.25) is 5.91 Å². The van der Waals surface area contributed by atoms with Crippen LogP contribution in [-0.2, 0) is 4.79 Å². The van der Waals surface area contributed by atoms with Gasteiger partial charge in [-0.05, 0) is 67.8 Å². The summed E-state index contributed by atoms with van der Waals surface area (Å²) in [6, 6.07) is 0. The first-order valence-corrected chi connectivity index (χ1v) is 9.06. The Bertz CT molecular complexity index is 648. The Balaban J connectivity index is 3.61. The van der Waals surface area contributed by atoms with Crippen molar-refractivity contribution in [3.05, 3.63) is 21.8 Å². The number of carbonyl (C=O) groups is 3. The summed E-state index contributed by atoms with van der Waals surface area (Å²) in [5, 5.41) is 23.2. The number of carboxylic acids is 1. The number of carbonyl (C=O) groups excluding carboxylic acids is 2. The van der Waals surface area contributed by atoms with Gasteiger partial charge in [0.05, 0.1) is 30.6 Å². The average molecular weight is 644 g/mol. The lowest BCUT2D eigenvalue weighted by Gasteiger charge is -2.17. The Morgan fingerprint density at radius 2 is 1.59 bits per heavy atom. The molecule has 0 aliphatic rings. The second-order valence-electron chi connectivity index (χ2n) is 4.03. The monoisotopic (exact) mass is 644 g/mol. The molecule has 120 valence electrons. The van der Waals surface area contributed by atoms with E-state index in [1.807, 2.05) is 45.2 Å². The molecular formula is C12H11I3N2O5. The number of aliphatic hydroxyl groups is 1. The van der Waals surface area contributed by atoms with Crippen LogP contribution < -0.4 is 10.6 Å². The van der Waals surface area contributed by atoms with Gasteiger partial charge in [-0.1, -0.05) is 0 Å². The molecule has 22 heavy (non-hydrogen) atoms. The van der Waals surface area contributed by atoms with Crippen molar-refractivity contribution in [1.29, 1.82) is 0 Å². The Hall–Kier alpha value is -0.220. The average Bonchev–Trinajstić information content (AvgIpc) is 2.40. The van der Waals surface area contributed by atoms with Crippen LogP contribution in [-0.4, -0.2) is 41.1 Å². The van der Waals surface area contributed by atoms with E-state index >= 15 is 0 Å². The number of aromatic carboxylic acids is 1. The lowest BCUT2D eigenvalue weighted by atomic mass is 10.1. The molecule has 0 bridgehead atoms. The molecule has 0 aromatic heterocycles. The van der Waals surface area contributed by atoms with Gasteiger partial charge in [0.15, 0.2) is 0 Å². The Kier molecular flexibility index (Phi) is 7.73. The van der Waals surface area contributed by atoms with Crippen molar-refractivity contribution >= 4 is 91.2 Å². The van der Waals surface area contributed by atoms with Gasteiger partial charge in [-0.15, -0.1) is 0 Å². The van der Waals surface area contributed by atoms with Crippen molar-refractivity contribution < 1.29 is 24.6 Å². The number of anilines is 1. The summed E-state index contributed by atoms with van der Waals surface area (Å²) in [5.41, 5.74) is 0.413. The van der Waals surface area contributed by atoms with E-state index in [9.17, 15) is 19.5 Å². The lowest BCUT2D eigenvalue weighted by molar-refractivity contribution is -0.114. The Morgan fingerprint density at radius 1 is 1.05 bits per heavy atom. The summed E-state index contributed by atoms with van der Waals surface area (Å²) >= 11 is 5.52. The van der Waals surface area contributed by atoms with Gasteiger partial charge in [0.25, 0.3) is 5.91 Å². The number of carboxylic acid groups (broad SMARTS) is 1. The highest BCUT2D eigenvalue weighted by molar-refractivity contribution is 14.1. The summed E-state index contributed by atoms with van der Waals surface area (Å²) in [6.07, 6.45) is 0. The predicted molar refractivity (Wildman–Crippen MR) is 105 cm³/mol. The molecule has 0 heterocycles. The van der Waals surface area contributed by atoms with Crippen molar-refractivity contribution in [3.8, 4) is 0 Å². The number of rotatable bonds is 5. The molecule has 10 heteroatoms. The number of nitrogens with one attached hydrogen (secondary N) is 2. The molecule has 0 saturated heterocycles. The first-order valence-electron chi connectivity index (χ1n) is 5.82. The SMILES string of the molecule is CC(=O)Nc1c(I)c(C(=O)O)c(I)c(C(=O)NCCO)c1I. The van der Waals surface area contributed by atoms with Crippen LogP contribution in [0.4, 0.5) is 5.69 Å². The molecule has 0 atom stereocenters. The summed E-state index contributed by atoms with van der Waals surface area (Å²) in [4.78, 5) is 35.0. The molecule has 0 aliphatic heterocycles. The van der Waals surface area contributed by atoms with Crippen molar-refractivity contribution in [2.45, 2.75) is 6.92 Å². The fraction of sp³-hybridized carbons (Fsp3) is 0.250. The van der Waals surface area contributed by atoms with Crippen molar-refractivity contribution in [3.63, 3.8) is 0 Å². The first kappa shape index (κ1) is 19.8. The summed E-state index contributed by atoms with van der Waals surface area (Å²) in [6.45, 7) is 1.12. The number of halogens is 3. The van der Waals surface area contributed by atoms with E-state index < -0.39 is 11.9 Å². The normalized spacial score (nSPS) is 10.2. The number of hydrogen-bond acceptors (Lipinski definition) is 4. The molecule has 1 rings (SSSR count). The highest BCUT2D eigenvalue weighted by Crippen LogP contribution is 2.35. The minimum atomic E-state index is -1.19. The zero-order valence-electron chi connectivity index (χ0n) is 11.2. The van der Waals surface area contributed by atoms with Crippen LogP contribution in [0.3, 0.4) is 0 Å². The molecule has 0 aliphatic carbocycles. The van der Waals surface area contributed by atoms with E-state index in [1.165, 1.54) is 6.92 Å². The van der Waals surface area contributed by atoms with Crippen LogP contribution in [0.5, 0.6) is 0 Å². The number of benzene rings is 1. The van der Waals surface area contributed by atoms with Crippen molar-refractivity contribution in [1.82, 2.24) is 5.32 Å². The maximum absolute atomic E-state index is 12.2. The van der Waals surface area contributed by atoms with Crippen molar-refractivity contribution in [2.24, 2.45) is 0 Å². The highest BCUT2D eigenvalue weighted by Gasteiger charge is 2.27. The van der Waals surface area contributed by atoms with Crippen molar-refractivity contribution in [2.75, 3.05) is 18.5 Å². The number of amides is 2. The second-order valence-corrected chi connectivity index (χ2v) is 7.27. The van der Waals surface area contributed by atoms with Crippen LogP contribution in [0.15, 0.2) is 0 Å². The van der Waals surface area contributed by atoms with E-state index in [-0.39, 0.29) is 33.8 Å². The van der Waals surface area contributed by atoms with Crippen LogP contribution in [0, 0.1) is 10.7 Å². The number of hydrogen-bond donors (Lipinski definition) is 4. The van der Waals surface area contributed by atoms with Crippen LogP contribution in [0.2, 0.25) is 0 Å². The van der Waals surface area contributed by atoms with E-state index in [0.29, 0.717) is 12.8 Å². The predicted octanol–water partition coefficient (Wildman–Crippen LogP) is 1.88. The van der Waals surface area contributed by atoms with Gasteiger partial charge in [-0.2, -0.15) is 0 Å². The molecule has 1 aromatic carbocycles. The zero-order chi connectivity index (χ0) is 17.0. The standard InChI is InChI=1S/C12H11I3N2O5/c1-4(19)17-10-8(14)5(11(20)16-2-3-18)7(13)6(9(10)15)12(21)22/h18H,2-3H2,1H3,(H,16,20)(H,17,19)(H,21,22). The Labute approximate surface area is 167 Å². The molecule has 0 saturated carbocycles. The topological polar surface area (TPSA) is 116 Å². The van der Waals surface area contributed by atoms with Gasteiger partial charge in [0.1, 0.15) is 0 Å². The van der Waals surface area contributed by atoms with Crippen LogP contribution in [0.1, 0.15) is 27.6 Å². The van der Waals surface area contributed by atoms with Gasteiger partial charge >= 0.3 is 5.97 Å². The first-order chi connectivity index (χ1) is 10.2. The van der Waals surface area contributed by atoms with Gasteiger partial charge in [-0.3, -0.25) is 9.59 Å². The third-order valence-electron chi connectivity index (χ3n) is 2.46. The summed E-state index contributed by atoms with van der Waals surface area (Å²) < 4.78 is 1.08. The minimum Gasteiger partial charge on any atom is -0.478 e. The molecule has 0 fully saturated rings. The van der Waals surface area contributed by atoms with E-state index in [4.69, 9.17) is 5.11 Å². The van der Waals surface area contributed by atoms with E-state index in [0.717, 1.165) is 0 Å².